The van der Waals surface area contributed by atoms with Crippen molar-refractivity contribution in [2.75, 3.05) is 6.61 Å². The molecule has 3 heteroatoms. The number of hydrogen-bond donors (Lipinski definition) is 2. The Bertz CT molecular complexity index is 389. The summed E-state index contributed by atoms with van der Waals surface area (Å²) in [7, 11) is 0. The summed E-state index contributed by atoms with van der Waals surface area (Å²) >= 11 is 0. The molecule has 0 amide bonds. The van der Waals surface area contributed by atoms with Crippen LogP contribution in [0.3, 0.4) is 0 Å². The maximum atomic E-state index is 10.1. The van der Waals surface area contributed by atoms with Crippen molar-refractivity contribution in [1.29, 1.82) is 0 Å². The number of fused-ring (bicyclic) bond motifs is 1. The third-order valence-corrected chi connectivity index (χ3v) is 3.69. The Labute approximate surface area is 108 Å². The van der Waals surface area contributed by atoms with Gasteiger partial charge in [0, 0.05) is 0 Å². The average molecular weight is 250 g/mol. The SMILES string of the molecule is CC(C)C(O)C(O)CC1CCOc2ccccc21. The monoisotopic (exact) mass is 250 g/mol. The van der Waals surface area contributed by atoms with Gasteiger partial charge in [-0.25, -0.2) is 0 Å². The summed E-state index contributed by atoms with van der Waals surface area (Å²) in [4.78, 5) is 0. The molecule has 0 aliphatic carbocycles. The number of para-hydroxylation sites is 1. The lowest BCUT2D eigenvalue weighted by Gasteiger charge is -2.29. The minimum atomic E-state index is -0.666. The van der Waals surface area contributed by atoms with E-state index in [1.54, 1.807) is 0 Å². The van der Waals surface area contributed by atoms with Crippen molar-refractivity contribution in [2.24, 2.45) is 5.92 Å². The van der Waals surface area contributed by atoms with Gasteiger partial charge in [-0.15, -0.1) is 0 Å². The first-order chi connectivity index (χ1) is 8.59. The van der Waals surface area contributed by atoms with Gasteiger partial charge in [0.05, 0.1) is 18.8 Å². The number of ether oxygens (including phenoxy) is 1. The largest absolute Gasteiger partial charge is 0.493 e. The number of benzene rings is 1. The molecule has 1 aliphatic rings. The zero-order chi connectivity index (χ0) is 13.1. The molecule has 0 saturated carbocycles. The highest BCUT2D eigenvalue weighted by molar-refractivity contribution is 5.37. The average Bonchev–Trinajstić information content (AvgIpc) is 2.38. The van der Waals surface area contributed by atoms with Crippen LogP contribution in [0.2, 0.25) is 0 Å². The molecule has 2 N–H and O–H groups in total. The van der Waals surface area contributed by atoms with E-state index >= 15 is 0 Å². The number of rotatable bonds is 4. The molecule has 2 rings (SSSR count). The molecule has 0 radical (unpaired) electrons. The van der Waals surface area contributed by atoms with Gasteiger partial charge in [0.2, 0.25) is 0 Å². The van der Waals surface area contributed by atoms with E-state index in [0.717, 1.165) is 17.7 Å². The molecule has 3 nitrogen and oxygen atoms in total. The van der Waals surface area contributed by atoms with E-state index in [-0.39, 0.29) is 11.8 Å². The summed E-state index contributed by atoms with van der Waals surface area (Å²) in [5, 5.41) is 20.0. The van der Waals surface area contributed by atoms with E-state index in [1.807, 2.05) is 38.1 Å². The van der Waals surface area contributed by atoms with Crippen molar-refractivity contribution in [2.45, 2.75) is 44.8 Å². The van der Waals surface area contributed by atoms with Crippen molar-refractivity contribution < 1.29 is 14.9 Å². The highest BCUT2D eigenvalue weighted by Gasteiger charge is 2.27. The highest BCUT2D eigenvalue weighted by Crippen LogP contribution is 2.36. The van der Waals surface area contributed by atoms with Crippen LogP contribution in [0.1, 0.15) is 38.2 Å². The Hall–Kier alpha value is -1.06. The van der Waals surface area contributed by atoms with Gasteiger partial charge in [0.1, 0.15) is 5.75 Å². The van der Waals surface area contributed by atoms with Crippen molar-refractivity contribution in [1.82, 2.24) is 0 Å². The summed E-state index contributed by atoms with van der Waals surface area (Å²) in [6, 6.07) is 7.97. The Morgan fingerprint density at radius 1 is 1.28 bits per heavy atom. The lowest BCUT2D eigenvalue weighted by molar-refractivity contribution is -0.0173. The second kappa shape index (κ2) is 5.72. The fourth-order valence-corrected chi connectivity index (χ4v) is 2.54. The molecule has 0 fully saturated rings. The third-order valence-electron chi connectivity index (χ3n) is 3.69. The van der Waals surface area contributed by atoms with Gasteiger partial charge in [0.15, 0.2) is 0 Å². The highest BCUT2D eigenvalue weighted by atomic mass is 16.5. The summed E-state index contributed by atoms with van der Waals surface area (Å²) in [5.41, 5.74) is 1.15. The molecular formula is C15H22O3. The normalized spacial score (nSPS) is 22.2. The van der Waals surface area contributed by atoms with E-state index in [2.05, 4.69) is 0 Å². The summed E-state index contributed by atoms with van der Waals surface area (Å²) < 4.78 is 5.60. The number of hydrogen-bond acceptors (Lipinski definition) is 3. The Balaban J connectivity index is 2.07. The van der Waals surface area contributed by atoms with Gasteiger partial charge in [-0.2, -0.15) is 0 Å². The predicted octanol–water partition coefficient (Wildman–Crippen LogP) is 2.32. The first-order valence-corrected chi connectivity index (χ1v) is 6.67. The van der Waals surface area contributed by atoms with E-state index in [4.69, 9.17) is 4.74 Å². The van der Waals surface area contributed by atoms with Crippen molar-refractivity contribution in [3.63, 3.8) is 0 Å². The predicted molar refractivity (Wildman–Crippen MR) is 70.8 cm³/mol. The molecule has 1 aromatic rings. The minimum Gasteiger partial charge on any atom is -0.493 e. The molecule has 18 heavy (non-hydrogen) atoms. The van der Waals surface area contributed by atoms with Crippen LogP contribution in [-0.2, 0) is 0 Å². The molecule has 1 heterocycles. The van der Waals surface area contributed by atoms with E-state index < -0.39 is 12.2 Å². The molecule has 100 valence electrons. The fraction of sp³-hybridized carbons (Fsp3) is 0.600. The molecule has 1 aromatic carbocycles. The summed E-state index contributed by atoms with van der Waals surface area (Å²) in [6.45, 7) is 4.53. The molecule has 0 aromatic heterocycles. The molecular weight excluding hydrogens is 228 g/mol. The first-order valence-electron chi connectivity index (χ1n) is 6.67. The van der Waals surface area contributed by atoms with Gasteiger partial charge in [-0.05, 0) is 36.3 Å². The Morgan fingerprint density at radius 3 is 2.72 bits per heavy atom. The second-order valence-electron chi connectivity index (χ2n) is 5.41. The zero-order valence-electron chi connectivity index (χ0n) is 11.0. The van der Waals surface area contributed by atoms with E-state index in [0.29, 0.717) is 13.0 Å². The molecule has 0 saturated heterocycles. The fourth-order valence-electron chi connectivity index (χ4n) is 2.54. The summed E-state index contributed by atoms with van der Waals surface area (Å²) in [6.07, 6.45) is 0.180. The number of aliphatic hydroxyl groups is 2. The topological polar surface area (TPSA) is 49.7 Å². The quantitative estimate of drug-likeness (QED) is 0.862. The van der Waals surface area contributed by atoms with Crippen LogP contribution in [0.4, 0.5) is 0 Å². The number of aliphatic hydroxyl groups excluding tert-OH is 2. The standard InChI is InChI=1S/C15H22O3/c1-10(2)15(17)13(16)9-11-7-8-18-14-6-4-3-5-12(11)14/h3-6,10-11,13,15-17H,7-9H2,1-2H3. The Morgan fingerprint density at radius 2 is 2.00 bits per heavy atom. The van der Waals surface area contributed by atoms with Crippen LogP contribution < -0.4 is 4.74 Å². The molecule has 0 bridgehead atoms. The van der Waals surface area contributed by atoms with Crippen LogP contribution in [0.5, 0.6) is 5.75 Å². The van der Waals surface area contributed by atoms with Crippen LogP contribution in [0, 0.1) is 5.92 Å². The Kier molecular flexibility index (Phi) is 4.25. The lowest BCUT2D eigenvalue weighted by Crippen LogP contribution is -2.33. The molecule has 0 spiro atoms. The molecule has 1 aliphatic heterocycles. The zero-order valence-corrected chi connectivity index (χ0v) is 11.0. The minimum absolute atomic E-state index is 0.0788. The van der Waals surface area contributed by atoms with E-state index in [1.165, 1.54) is 0 Å². The van der Waals surface area contributed by atoms with Gasteiger partial charge in [-0.3, -0.25) is 0 Å². The first kappa shape index (κ1) is 13.4. The van der Waals surface area contributed by atoms with Gasteiger partial charge < -0.3 is 14.9 Å². The van der Waals surface area contributed by atoms with Crippen LogP contribution >= 0.6 is 0 Å². The van der Waals surface area contributed by atoms with Crippen LogP contribution in [-0.4, -0.2) is 29.0 Å². The van der Waals surface area contributed by atoms with Crippen LogP contribution in [0.25, 0.3) is 0 Å². The summed E-state index contributed by atoms with van der Waals surface area (Å²) in [5.74, 6) is 1.27. The van der Waals surface area contributed by atoms with Gasteiger partial charge >= 0.3 is 0 Å². The van der Waals surface area contributed by atoms with Crippen LogP contribution in [0.15, 0.2) is 24.3 Å². The smallest absolute Gasteiger partial charge is 0.122 e. The van der Waals surface area contributed by atoms with Crippen molar-refractivity contribution in [3.8, 4) is 5.75 Å². The van der Waals surface area contributed by atoms with Crippen molar-refractivity contribution >= 4 is 0 Å². The van der Waals surface area contributed by atoms with Gasteiger partial charge in [0.25, 0.3) is 0 Å². The second-order valence-corrected chi connectivity index (χ2v) is 5.41. The van der Waals surface area contributed by atoms with Gasteiger partial charge in [-0.1, -0.05) is 32.0 Å². The molecule has 3 atom stereocenters. The maximum absolute atomic E-state index is 10.1. The lowest BCUT2D eigenvalue weighted by atomic mass is 9.85. The third kappa shape index (κ3) is 2.85. The van der Waals surface area contributed by atoms with Crippen molar-refractivity contribution in [3.05, 3.63) is 29.8 Å². The molecule has 3 unspecified atom stereocenters. The van der Waals surface area contributed by atoms with E-state index in [9.17, 15) is 10.2 Å². The maximum Gasteiger partial charge on any atom is 0.122 e.